The van der Waals surface area contributed by atoms with Gasteiger partial charge in [-0.3, -0.25) is 14.6 Å². The van der Waals surface area contributed by atoms with E-state index in [-0.39, 0.29) is 18.4 Å². The maximum absolute atomic E-state index is 12.6. The molecule has 23 heavy (non-hydrogen) atoms. The number of pyridine rings is 1. The molecule has 0 aliphatic heterocycles. The smallest absolute Gasteiger partial charge is 0.310 e. The Morgan fingerprint density at radius 1 is 1.26 bits per heavy atom. The van der Waals surface area contributed by atoms with Crippen molar-refractivity contribution in [1.29, 1.82) is 0 Å². The molecular formula is C18H22N2O3. The summed E-state index contributed by atoms with van der Waals surface area (Å²) < 4.78 is 0. The topological polar surface area (TPSA) is 79.3 Å². The fourth-order valence-electron chi connectivity index (χ4n) is 2.15. The van der Waals surface area contributed by atoms with Gasteiger partial charge in [0, 0.05) is 17.6 Å². The zero-order chi connectivity index (χ0) is 17.2. The number of hydrogen-bond acceptors (Lipinski definition) is 3. The van der Waals surface area contributed by atoms with Gasteiger partial charge < -0.3 is 10.4 Å². The number of hydrogen-bond donors (Lipinski definition) is 2. The third-order valence-electron chi connectivity index (χ3n) is 3.84. The van der Waals surface area contributed by atoms with Gasteiger partial charge in [-0.2, -0.15) is 0 Å². The lowest BCUT2D eigenvalue weighted by atomic mass is 9.93. The van der Waals surface area contributed by atoms with Gasteiger partial charge in [0.1, 0.15) is 0 Å². The lowest BCUT2D eigenvalue weighted by molar-refractivity contribution is -0.146. The van der Waals surface area contributed by atoms with Crippen LogP contribution in [0.25, 0.3) is 10.9 Å². The molecule has 0 aliphatic rings. The van der Waals surface area contributed by atoms with Gasteiger partial charge in [-0.05, 0) is 31.9 Å². The van der Waals surface area contributed by atoms with Crippen molar-refractivity contribution >= 4 is 22.8 Å². The minimum Gasteiger partial charge on any atom is -0.481 e. The van der Waals surface area contributed by atoms with Gasteiger partial charge in [0.15, 0.2) is 0 Å². The van der Waals surface area contributed by atoms with Gasteiger partial charge >= 0.3 is 5.97 Å². The quantitative estimate of drug-likeness (QED) is 0.888. The minimum absolute atomic E-state index is 0.0643. The SMILES string of the molecule is CC(C)c1cc(C(=O)NCC(C)(C)C(=O)O)c2ccccc2n1. The van der Waals surface area contributed by atoms with Crippen LogP contribution < -0.4 is 5.32 Å². The maximum Gasteiger partial charge on any atom is 0.310 e. The van der Waals surface area contributed by atoms with Gasteiger partial charge in [0.2, 0.25) is 0 Å². The largest absolute Gasteiger partial charge is 0.481 e. The van der Waals surface area contributed by atoms with Gasteiger partial charge in [-0.1, -0.05) is 32.0 Å². The van der Waals surface area contributed by atoms with Crippen LogP contribution >= 0.6 is 0 Å². The van der Waals surface area contributed by atoms with Gasteiger partial charge in [-0.25, -0.2) is 0 Å². The molecule has 122 valence electrons. The predicted octanol–water partition coefficient (Wildman–Crippen LogP) is 3.20. The Balaban J connectivity index is 2.38. The van der Waals surface area contributed by atoms with Crippen LogP contribution in [0.1, 0.15) is 49.7 Å². The Hall–Kier alpha value is -2.43. The Morgan fingerprint density at radius 2 is 1.91 bits per heavy atom. The number of fused-ring (bicyclic) bond motifs is 1. The molecule has 5 heteroatoms. The molecule has 0 bridgehead atoms. The first-order valence-corrected chi connectivity index (χ1v) is 7.63. The van der Waals surface area contributed by atoms with E-state index in [9.17, 15) is 9.59 Å². The van der Waals surface area contributed by atoms with Crippen LogP contribution in [0.4, 0.5) is 0 Å². The number of amides is 1. The first-order valence-electron chi connectivity index (χ1n) is 7.63. The summed E-state index contributed by atoms with van der Waals surface area (Å²) in [6, 6.07) is 9.25. The average molecular weight is 314 g/mol. The van der Waals surface area contributed by atoms with E-state index in [4.69, 9.17) is 5.11 Å². The number of carboxylic acid groups (broad SMARTS) is 1. The Kier molecular flexibility index (Phi) is 4.68. The van der Waals surface area contributed by atoms with Crippen LogP contribution in [0.15, 0.2) is 30.3 Å². The van der Waals surface area contributed by atoms with Crippen LogP contribution in [-0.4, -0.2) is 28.5 Å². The number of aromatic nitrogens is 1. The maximum atomic E-state index is 12.6. The van der Waals surface area contributed by atoms with E-state index >= 15 is 0 Å². The number of nitrogens with one attached hydrogen (secondary N) is 1. The van der Waals surface area contributed by atoms with Crippen molar-refractivity contribution in [3.05, 3.63) is 41.6 Å². The second-order valence-electron chi connectivity index (χ2n) is 6.64. The normalized spacial score (nSPS) is 11.7. The third kappa shape index (κ3) is 3.67. The number of rotatable bonds is 5. The number of carboxylic acids is 1. The molecule has 0 radical (unpaired) electrons. The third-order valence-corrected chi connectivity index (χ3v) is 3.84. The number of para-hydroxylation sites is 1. The summed E-state index contributed by atoms with van der Waals surface area (Å²) in [5, 5.41) is 12.6. The first-order chi connectivity index (χ1) is 10.7. The fourth-order valence-corrected chi connectivity index (χ4v) is 2.15. The number of carbonyl (C=O) groups excluding carboxylic acids is 1. The van der Waals surface area contributed by atoms with Gasteiger partial charge in [-0.15, -0.1) is 0 Å². The van der Waals surface area contributed by atoms with Crippen molar-refractivity contribution in [2.75, 3.05) is 6.54 Å². The summed E-state index contributed by atoms with van der Waals surface area (Å²) in [5.74, 6) is -1.03. The van der Waals surface area contributed by atoms with Crippen LogP contribution in [0.5, 0.6) is 0 Å². The lowest BCUT2D eigenvalue weighted by Crippen LogP contribution is -2.39. The van der Waals surface area contributed by atoms with E-state index in [2.05, 4.69) is 10.3 Å². The van der Waals surface area contributed by atoms with Crippen molar-refractivity contribution in [3.8, 4) is 0 Å². The van der Waals surface area contributed by atoms with E-state index in [0.717, 1.165) is 16.6 Å². The summed E-state index contributed by atoms with van der Waals surface area (Å²) in [6.45, 7) is 7.27. The molecule has 0 fully saturated rings. The summed E-state index contributed by atoms with van der Waals surface area (Å²) in [6.07, 6.45) is 0. The molecule has 1 aromatic carbocycles. The molecule has 0 aliphatic carbocycles. The van der Waals surface area contributed by atoms with E-state index in [1.165, 1.54) is 0 Å². The summed E-state index contributed by atoms with van der Waals surface area (Å²) in [5.41, 5.74) is 1.12. The molecule has 2 aromatic rings. The predicted molar refractivity (Wildman–Crippen MR) is 89.6 cm³/mol. The molecule has 1 amide bonds. The number of nitrogens with zero attached hydrogens (tertiary/aromatic N) is 1. The highest BCUT2D eigenvalue weighted by Gasteiger charge is 2.28. The van der Waals surface area contributed by atoms with Crippen LogP contribution in [0.2, 0.25) is 0 Å². The molecule has 1 heterocycles. The van der Waals surface area contributed by atoms with E-state index in [0.29, 0.717) is 5.56 Å². The monoisotopic (exact) mass is 314 g/mol. The Bertz CT molecular complexity index is 751. The minimum atomic E-state index is -1.01. The zero-order valence-corrected chi connectivity index (χ0v) is 13.9. The summed E-state index contributed by atoms with van der Waals surface area (Å²) >= 11 is 0. The molecule has 0 atom stereocenters. The van der Waals surface area contributed by atoms with Gasteiger partial charge in [0.05, 0.1) is 16.5 Å². The summed E-state index contributed by atoms with van der Waals surface area (Å²) in [7, 11) is 0. The highest BCUT2D eigenvalue weighted by Crippen LogP contribution is 2.23. The highest BCUT2D eigenvalue weighted by molar-refractivity contribution is 6.06. The highest BCUT2D eigenvalue weighted by atomic mass is 16.4. The van der Waals surface area contributed by atoms with Crippen LogP contribution in [0.3, 0.4) is 0 Å². The molecule has 0 saturated heterocycles. The molecule has 5 nitrogen and oxygen atoms in total. The van der Waals surface area contributed by atoms with E-state index in [1.54, 1.807) is 19.9 Å². The Morgan fingerprint density at radius 3 is 2.52 bits per heavy atom. The standard InChI is InChI=1S/C18H22N2O3/c1-11(2)15-9-13(12-7-5-6-8-14(12)20-15)16(21)19-10-18(3,4)17(22)23/h5-9,11H,10H2,1-4H3,(H,19,21)(H,22,23). The number of aliphatic carboxylic acids is 1. The van der Waals surface area contributed by atoms with E-state index < -0.39 is 11.4 Å². The molecule has 1 aromatic heterocycles. The van der Waals surface area contributed by atoms with Crippen molar-refractivity contribution in [2.24, 2.45) is 5.41 Å². The molecule has 0 unspecified atom stereocenters. The van der Waals surface area contributed by atoms with E-state index in [1.807, 2.05) is 38.1 Å². The lowest BCUT2D eigenvalue weighted by Gasteiger charge is -2.20. The molecule has 2 rings (SSSR count). The first kappa shape index (κ1) is 16.9. The zero-order valence-electron chi connectivity index (χ0n) is 13.9. The van der Waals surface area contributed by atoms with Crippen molar-refractivity contribution in [2.45, 2.75) is 33.6 Å². The Labute approximate surface area is 135 Å². The molecule has 0 spiro atoms. The average Bonchev–Trinajstić information content (AvgIpc) is 2.51. The van der Waals surface area contributed by atoms with Gasteiger partial charge in [0.25, 0.3) is 5.91 Å². The number of carbonyl (C=O) groups is 2. The van der Waals surface area contributed by atoms with Crippen molar-refractivity contribution in [1.82, 2.24) is 10.3 Å². The van der Waals surface area contributed by atoms with Crippen LogP contribution in [-0.2, 0) is 4.79 Å². The fraction of sp³-hybridized carbons (Fsp3) is 0.389. The molecule has 0 saturated carbocycles. The second-order valence-corrected chi connectivity index (χ2v) is 6.64. The van der Waals surface area contributed by atoms with Crippen molar-refractivity contribution in [3.63, 3.8) is 0 Å². The van der Waals surface area contributed by atoms with Crippen molar-refractivity contribution < 1.29 is 14.7 Å². The molecular weight excluding hydrogens is 292 g/mol. The van der Waals surface area contributed by atoms with Crippen LogP contribution in [0, 0.1) is 5.41 Å². The second kappa shape index (κ2) is 6.36. The summed E-state index contributed by atoms with van der Waals surface area (Å²) in [4.78, 5) is 28.3. The molecule has 2 N–H and O–H groups in total. The number of benzene rings is 1.